The third-order valence-electron chi connectivity index (χ3n) is 5.92. The van der Waals surface area contributed by atoms with Gasteiger partial charge in [0.05, 0.1) is 19.9 Å². The predicted molar refractivity (Wildman–Crippen MR) is 144 cm³/mol. The van der Waals surface area contributed by atoms with Crippen LogP contribution in [0.4, 0.5) is 0 Å². The molecule has 3 aromatic carbocycles. The van der Waals surface area contributed by atoms with Crippen LogP contribution in [0.5, 0.6) is 5.75 Å². The number of furan rings is 1. The summed E-state index contributed by atoms with van der Waals surface area (Å²) in [6.45, 7) is 0.249. The van der Waals surface area contributed by atoms with Crippen LogP contribution in [0.15, 0.2) is 107 Å². The number of ether oxygens (including phenoxy) is 2. The molecule has 38 heavy (non-hydrogen) atoms. The molecule has 0 atom stereocenters. The van der Waals surface area contributed by atoms with Crippen molar-refractivity contribution in [1.82, 2.24) is 9.99 Å². The third kappa shape index (κ3) is 5.65. The number of amides is 1. The number of methoxy groups -OCH3 is 1. The molecular formula is C30H25N3O5. The number of hydrogen-bond donors (Lipinski definition) is 1. The molecule has 0 aliphatic heterocycles. The first kappa shape index (κ1) is 24.6. The van der Waals surface area contributed by atoms with Crippen LogP contribution in [0, 0.1) is 0 Å². The van der Waals surface area contributed by atoms with Crippen LogP contribution in [0.2, 0.25) is 0 Å². The molecule has 8 heteroatoms. The Bertz CT molecular complexity index is 1580. The highest BCUT2D eigenvalue weighted by Gasteiger charge is 2.13. The summed E-state index contributed by atoms with van der Waals surface area (Å²) in [4.78, 5) is 24.0. The SMILES string of the molecule is COC(=O)c1ccc(Cn2cc(/C=N/NC(=O)COc3ccc(-c4ccccc4)cc3)c3ccccc32)o1. The predicted octanol–water partition coefficient (Wildman–Crippen LogP) is 5.27. The molecule has 2 heterocycles. The second kappa shape index (κ2) is 11.3. The van der Waals surface area contributed by atoms with E-state index >= 15 is 0 Å². The van der Waals surface area contributed by atoms with Gasteiger partial charge in [0.1, 0.15) is 11.5 Å². The number of para-hydroxylation sites is 1. The Morgan fingerprint density at radius 3 is 2.45 bits per heavy atom. The van der Waals surface area contributed by atoms with Crippen molar-refractivity contribution in [2.24, 2.45) is 5.10 Å². The van der Waals surface area contributed by atoms with Gasteiger partial charge in [0.2, 0.25) is 5.76 Å². The lowest BCUT2D eigenvalue weighted by Gasteiger charge is -2.06. The number of esters is 1. The lowest BCUT2D eigenvalue weighted by Crippen LogP contribution is -2.24. The van der Waals surface area contributed by atoms with Crippen molar-refractivity contribution in [2.75, 3.05) is 13.7 Å². The Morgan fingerprint density at radius 1 is 0.921 bits per heavy atom. The van der Waals surface area contributed by atoms with E-state index < -0.39 is 5.97 Å². The summed E-state index contributed by atoms with van der Waals surface area (Å²) in [5.74, 6) is 0.461. The molecule has 0 saturated heterocycles. The van der Waals surface area contributed by atoms with Crippen molar-refractivity contribution in [1.29, 1.82) is 0 Å². The smallest absolute Gasteiger partial charge is 0.373 e. The number of benzene rings is 3. The topological polar surface area (TPSA) is 95.1 Å². The second-order valence-corrected chi connectivity index (χ2v) is 8.46. The molecule has 2 aromatic heterocycles. The van der Waals surface area contributed by atoms with E-state index in [0.29, 0.717) is 18.1 Å². The molecular weight excluding hydrogens is 482 g/mol. The van der Waals surface area contributed by atoms with E-state index in [4.69, 9.17) is 13.9 Å². The molecule has 5 rings (SSSR count). The number of fused-ring (bicyclic) bond motifs is 1. The fraction of sp³-hybridized carbons (Fsp3) is 0.100. The van der Waals surface area contributed by atoms with Crippen LogP contribution >= 0.6 is 0 Å². The number of carbonyl (C=O) groups excluding carboxylic acids is 2. The van der Waals surface area contributed by atoms with Crippen molar-refractivity contribution in [3.63, 3.8) is 0 Å². The van der Waals surface area contributed by atoms with Gasteiger partial charge in [-0.25, -0.2) is 10.2 Å². The molecule has 0 aliphatic rings. The largest absolute Gasteiger partial charge is 0.484 e. The second-order valence-electron chi connectivity index (χ2n) is 8.46. The number of carbonyl (C=O) groups is 2. The number of hydrazone groups is 1. The maximum atomic E-state index is 12.3. The maximum Gasteiger partial charge on any atom is 0.373 e. The lowest BCUT2D eigenvalue weighted by molar-refractivity contribution is -0.123. The van der Waals surface area contributed by atoms with Crippen LogP contribution in [-0.2, 0) is 16.1 Å². The quantitative estimate of drug-likeness (QED) is 0.167. The average Bonchev–Trinajstić information content (AvgIpc) is 3.57. The number of aromatic nitrogens is 1. The molecule has 190 valence electrons. The zero-order chi connectivity index (χ0) is 26.3. The summed E-state index contributed by atoms with van der Waals surface area (Å²) in [5, 5.41) is 5.07. The Kier molecular flexibility index (Phi) is 7.31. The van der Waals surface area contributed by atoms with E-state index in [0.717, 1.165) is 27.6 Å². The Balaban J connectivity index is 1.20. The average molecular weight is 508 g/mol. The van der Waals surface area contributed by atoms with Gasteiger partial charge in [-0.1, -0.05) is 60.7 Å². The molecule has 5 aromatic rings. The van der Waals surface area contributed by atoms with E-state index in [1.54, 1.807) is 18.3 Å². The molecule has 0 bridgehead atoms. The molecule has 0 radical (unpaired) electrons. The van der Waals surface area contributed by atoms with E-state index in [1.807, 2.05) is 89.6 Å². The van der Waals surface area contributed by atoms with Gasteiger partial charge < -0.3 is 18.5 Å². The summed E-state index contributed by atoms with van der Waals surface area (Å²) in [5.41, 5.74) is 6.47. The van der Waals surface area contributed by atoms with Crippen LogP contribution in [0.1, 0.15) is 21.9 Å². The fourth-order valence-electron chi connectivity index (χ4n) is 4.08. The monoisotopic (exact) mass is 507 g/mol. The highest BCUT2D eigenvalue weighted by Crippen LogP contribution is 2.23. The number of rotatable bonds is 9. The first-order chi connectivity index (χ1) is 18.6. The standard InChI is InChI=1S/C30H25N3O5/c1-36-30(35)28-16-15-25(38-28)19-33-18-23(26-9-5-6-10-27(26)33)17-31-32-29(34)20-37-24-13-11-22(12-14-24)21-7-3-2-4-8-21/h2-18H,19-20H2,1H3,(H,32,34)/b31-17+. The molecule has 0 spiro atoms. The van der Waals surface area contributed by atoms with E-state index in [2.05, 4.69) is 10.5 Å². The zero-order valence-corrected chi connectivity index (χ0v) is 20.7. The summed E-state index contributed by atoms with van der Waals surface area (Å²) in [7, 11) is 1.31. The van der Waals surface area contributed by atoms with Crippen molar-refractivity contribution in [3.05, 3.63) is 114 Å². The number of nitrogens with zero attached hydrogens (tertiary/aromatic N) is 2. The van der Waals surface area contributed by atoms with Crippen molar-refractivity contribution in [3.8, 4) is 16.9 Å². The Hall–Kier alpha value is -5.11. The van der Waals surface area contributed by atoms with Gasteiger partial charge in [0.15, 0.2) is 6.61 Å². The van der Waals surface area contributed by atoms with Crippen LogP contribution < -0.4 is 10.2 Å². The highest BCUT2D eigenvalue weighted by molar-refractivity contribution is 5.99. The van der Waals surface area contributed by atoms with E-state index in [1.165, 1.54) is 7.11 Å². The Labute approximate surface area is 219 Å². The van der Waals surface area contributed by atoms with E-state index in [9.17, 15) is 9.59 Å². The molecule has 0 saturated carbocycles. The van der Waals surface area contributed by atoms with Crippen LogP contribution in [0.25, 0.3) is 22.0 Å². The van der Waals surface area contributed by atoms with Gasteiger partial charge in [0.25, 0.3) is 5.91 Å². The first-order valence-corrected chi connectivity index (χ1v) is 12.0. The molecule has 8 nitrogen and oxygen atoms in total. The van der Waals surface area contributed by atoms with Crippen LogP contribution in [-0.4, -0.2) is 36.4 Å². The fourth-order valence-corrected chi connectivity index (χ4v) is 4.08. The number of nitrogens with one attached hydrogen (secondary N) is 1. The molecule has 1 N–H and O–H groups in total. The Morgan fingerprint density at radius 2 is 1.66 bits per heavy atom. The van der Waals surface area contributed by atoms with Crippen molar-refractivity contribution in [2.45, 2.75) is 6.54 Å². The molecule has 0 aliphatic carbocycles. The maximum absolute atomic E-state index is 12.3. The molecule has 0 unspecified atom stereocenters. The highest BCUT2D eigenvalue weighted by atomic mass is 16.5. The third-order valence-corrected chi connectivity index (χ3v) is 5.92. The summed E-state index contributed by atoms with van der Waals surface area (Å²) < 4.78 is 17.9. The summed E-state index contributed by atoms with van der Waals surface area (Å²) in [6.07, 6.45) is 3.50. The van der Waals surface area contributed by atoms with Gasteiger partial charge in [-0.15, -0.1) is 0 Å². The molecule has 0 fully saturated rings. The van der Waals surface area contributed by atoms with Gasteiger partial charge >= 0.3 is 5.97 Å². The minimum Gasteiger partial charge on any atom is -0.484 e. The van der Waals surface area contributed by atoms with Gasteiger partial charge in [-0.3, -0.25) is 4.79 Å². The normalized spacial score (nSPS) is 11.1. The minimum atomic E-state index is -0.523. The zero-order valence-electron chi connectivity index (χ0n) is 20.7. The van der Waals surface area contributed by atoms with Crippen LogP contribution in [0.3, 0.4) is 0 Å². The first-order valence-electron chi connectivity index (χ1n) is 12.0. The number of hydrogen-bond acceptors (Lipinski definition) is 6. The molecule has 1 amide bonds. The van der Waals surface area contributed by atoms with Gasteiger partial charge in [-0.05, 0) is 41.5 Å². The van der Waals surface area contributed by atoms with E-state index in [-0.39, 0.29) is 18.3 Å². The summed E-state index contributed by atoms with van der Waals surface area (Å²) >= 11 is 0. The van der Waals surface area contributed by atoms with Gasteiger partial charge in [0, 0.05) is 22.7 Å². The van der Waals surface area contributed by atoms with Gasteiger partial charge in [-0.2, -0.15) is 5.10 Å². The lowest BCUT2D eigenvalue weighted by atomic mass is 10.1. The minimum absolute atomic E-state index is 0.151. The van der Waals surface area contributed by atoms with Crippen molar-refractivity contribution >= 4 is 29.0 Å². The summed E-state index contributed by atoms with van der Waals surface area (Å²) in [6, 6.07) is 28.8. The van der Waals surface area contributed by atoms with Crippen molar-refractivity contribution < 1.29 is 23.5 Å².